The summed E-state index contributed by atoms with van der Waals surface area (Å²) in [6.07, 6.45) is 7.60. The minimum atomic E-state index is 0. The van der Waals surface area contributed by atoms with E-state index in [4.69, 9.17) is 4.74 Å². The normalized spacial score (nSPS) is 15.7. The van der Waals surface area contributed by atoms with Gasteiger partial charge >= 0.3 is 0 Å². The zero-order valence-corrected chi connectivity index (χ0v) is 18.6. The Morgan fingerprint density at radius 2 is 1.77 bits per heavy atom. The predicted molar refractivity (Wildman–Crippen MR) is 121 cm³/mol. The highest BCUT2D eigenvalue weighted by Crippen LogP contribution is 2.17. The fourth-order valence-electron chi connectivity index (χ4n) is 3.31. The van der Waals surface area contributed by atoms with E-state index in [0.29, 0.717) is 0 Å². The second-order valence-corrected chi connectivity index (χ2v) is 6.60. The van der Waals surface area contributed by atoms with Crippen LogP contribution in [0, 0.1) is 0 Å². The van der Waals surface area contributed by atoms with Gasteiger partial charge in [-0.25, -0.2) is 0 Å². The highest BCUT2D eigenvalue weighted by atomic mass is 127. The molecule has 148 valence electrons. The van der Waals surface area contributed by atoms with Crippen LogP contribution in [0.4, 0.5) is 0 Å². The van der Waals surface area contributed by atoms with Gasteiger partial charge in [-0.3, -0.25) is 4.99 Å². The summed E-state index contributed by atoms with van der Waals surface area (Å²) in [7, 11) is 3.55. The second kappa shape index (κ2) is 14.1. The minimum Gasteiger partial charge on any atom is -0.496 e. The molecule has 26 heavy (non-hydrogen) atoms. The Morgan fingerprint density at radius 3 is 2.46 bits per heavy atom. The molecule has 1 fully saturated rings. The molecule has 0 radical (unpaired) electrons. The van der Waals surface area contributed by atoms with Gasteiger partial charge in [0.15, 0.2) is 5.96 Å². The van der Waals surface area contributed by atoms with E-state index in [9.17, 15) is 0 Å². The molecule has 0 aliphatic carbocycles. The average Bonchev–Trinajstić information content (AvgIpc) is 2.93. The van der Waals surface area contributed by atoms with E-state index in [2.05, 4.69) is 26.6 Å². The van der Waals surface area contributed by atoms with Gasteiger partial charge in [0.2, 0.25) is 0 Å². The Morgan fingerprint density at radius 1 is 1.08 bits per heavy atom. The lowest BCUT2D eigenvalue weighted by atomic mass is 10.1. The molecule has 0 saturated carbocycles. The standard InChI is InChI=1S/C20H34N4O.HI/c1-21-20(22-13-9-17-24-15-7-3-4-8-16-24)23-14-12-18-10-5-6-11-19(18)25-2;/h5-6,10-11H,3-4,7-9,12-17H2,1-2H3,(H2,21,22,23);1H. The topological polar surface area (TPSA) is 48.9 Å². The molecule has 0 atom stereocenters. The molecule has 2 rings (SSSR count). The van der Waals surface area contributed by atoms with E-state index >= 15 is 0 Å². The number of benzene rings is 1. The number of likely N-dealkylation sites (tertiary alicyclic amines) is 1. The van der Waals surface area contributed by atoms with E-state index < -0.39 is 0 Å². The molecule has 1 aliphatic heterocycles. The fourth-order valence-corrected chi connectivity index (χ4v) is 3.31. The molecule has 5 nitrogen and oxygen atoms in total. The molecule has 0 bridgehead atoms. The number of nitrogens with zero attached hydrogens (tertiary/aromatic N) is 2. The van der Waals surface area contributed by atoms with Crippen molar-refractivity contribution in [3.8, 4) is 5.75 Å². The van der Waals surface area contributed by atoms with E-state index in [1.54, 1.807) is 7.11 Å². The minimum absolute atomic E-state index is 0. The third-order valence-electron chi connectivity index (χ3n) is 4.75. The number of para-hydroxylation sites is 1. The van der Waals surface area contributed by atoms with Crippen molar-refractivity contribution in [1.29, 1.82) is 0 Å². The summed E-state index contributed by atoms with van der Waals surface area (Å²) < 4.78 is 5.40. The monoisotopic (exact) mass is 474 g/mol. The van der Waals surface area contributed by atoms with Gasteiger partial charge in [0.1, 0.15) is 5.75 Å². The van der Waals surface area contributed by atoms with Crippen molar-refractivity contribution < 1.29 is 4.74 Å². The third-order valence-corrected chi connectivity index (χ3v) is 4.75. The highest BCUT2D eigenvalue weighted by Gasteiger charge is 2.08. The molecule has 1 heterocycles. The number of methoxy groups -OCH3 is 1. The van der Waals surface area contributed by atoms with E-state index in [1.807, 2.05) is 25.2 Å². The van der Waals surface area contributed by atoms with Crippen LogP contribution in [0.15, 0.2) is 29.3 Å². The molecular formula is C20H35IN4O. The lowest BCUT2D eigenvalue weighted by Crippen LogP contribution is -2.39. The van der Waals surface area contributed by atoms with Crippen molar-refractivity contribution in [2.24, 2.45) is 4.99 Å². The quantitative estimate of drug-likeness (QED) is 0.263. The predicted octanol–water partition coefficient (Wildman–Crippen LogP) is 3.29. The third kappa shape index (κ3) is 8.58. The van der Waals surface area contributed by atoms with Crippen molar-refractivity contribution in [3.63, 3.8) is 0 Å². The molecule has 0 unspecified atom stereocenters. The van der Waals surface area contributed by atoms with Gasteiger partial charge in [-0.2, -0.15) is 0 Å². The van der Waals surface area contributed by atoms with Crippen LogP contribution in [-0.4, -0.2) is 57.7 Å². The van der Waals surface area contributed by atoms with Crippen LogP contribution in [-0.2, 0) is 6.42 Å². The first-order valence-corrected chi connectivity index (χ1v) is 9.62. The molecule has 2 N–H and O–H groups in total. The zero-order chi connectivity index (χ0) is 17.7. The van der Waals surface area contributed by atoms with Crippen molar-refractivity contribution >= 4 is 29.9 Å². The molecular weight excluding hydrogens is 439 g/mol. The van der Waals surface area contributed by atoms with Crippen molar-refractivity contribution in [2.45, 2.75) is 38.5 Å². The number of ether oxygens (including phenoxy) is 1. The maximum Gasteiger partial charge on any atom is 0.190 e. The highest BCUT2D eigenvalue weighted by molar-refractivity contribution is 14.0. The fraction of sp³-hybridized carbons (Fsp3) is 0.650. The largest absolute Gasteiger partial charge is 0.496 e. The first-order chi connectivity index (χ1) is 12.3. The maximum absolute atomic E-state index is 5.40. The Kier molecular flexibility index (Phi) is 12.5. The Hall–Kier alpha value is -1.02. The lowest BCUT2D eigenvalue weighted by molar-refractivity contribution is 0.282. The SMILES string of the molecule is CN=C(NCCCN1CCCCCC1)NCCc1ccccc1OC.I. The van der Waals surface area contributed by atoms with Crippen molar-refractivity contribution in [3.05, 3.63) is 29.8 Å². The van der Waals surface area contributed by atoms with Crippen LogP contribution in [0.25, 0.3) is 0 Å². The summed E-state index contributed by atoms with van der Waals surface area (Å²) in [6.45, 7) is 5.53. The van der Waals surface area contributed by atoms with E-state index in [0.717, 1.165) is 37.6 Å². The van der Waals surface area contributed by atoms with Gasteiger partial charge in [-0.05, 0) is 56.9 Å². The molecule has 0 amide bonds. The number of nitrogens with one attached hydrogen (secondary N) is 2. The van der Waals surface area contributed by atoms with E-state index in [-0.39, 0.29) is 24.0 Å². The summed E-state index contributed by atoms with van der Waals surface area (Å²) in [4.78, 5) is 6.91. The van der Waals surface area contributed by atoms with E-state index in [1.165, 1.54) is 50.9 Å². The van der Waals surface area contributed by atoms with Gasteiger partial charge in [0, 0.05) is 20.1 Å². The van der Waals surface area contributed by atoms with Gasteiger partial charge in [-0.1, -0.05) is 31.0 Å². The zero-order valence-electron chi connectivity index (χ0n) is 16.3. The number of aliphatic imine (C=N–C) groups is 1. The van der Waals surface area contributed by atoms with Gasteiger partial charge in [-0.15, -0.1) is 24.0 Å². The Bertz CT molecular complexity index is 516. The maximum atomic E-state index is 5.40. The van der Waals surface area contributed by atoms with Crippen molar-refractivity contribution in [1.82, 2.24) is 15.5 Å². The number of guanidine groups is 1. The van der Waals surface area contributed by atoms with Crippen LogP contribution in [0.1, 0.15) is 37.7 Å². The molecule has 0 aromatic heterocycles. The van der Waals surface area contributed by atoms with Crippen LogP contribution in [0.5, 0.6) is 5.75 Å². The van der Waals surface area contributed by atoms with Gasteiger partial charge in [0.25, 0.3) is 0 Å². The molecule has 1 aromatic rings. The summed E-state index contributed by atoms with van der Waals surface area (Å²) >= 11 is 0. The summed E-state index contributed by atoms with van der Waals surface area (Å²) in [6, 6.07) is 8.16. The second-order valence-electron chi connectivity index (χ2n) is 6.60. The molecule has 6 heteroatoms. The molecule has 1 aliphatic rings. The number of rotatable bonds is 8. The Balaban J connectivity index is 0.00000338. The van der Waals surface area contributed by atoms with Crippen LogP contribution in [0.2, 0.25) is 0 Å². The first-order valence-electron chi connectivity index (χ1n) is 9.62. The smallest absolute Gasteiger partial charge is 0.190 e. The number of hydrogen-bond donors (Lipinski definition) is 2. The summed E-state index contributed by atoms with van der Waals surface area (Å²) in [5.41, 5.74) is 1.22. The molecule has 1 aromatic carbocycles. The number of hydrogen-bond acceptors (Lipinski definition) is 3. The summed E-state index contributed by atoms with van der Waals surface area (Å²) in [5, 5.41) is 6.81. The molecule has 1 saturated heterocycles. The first kappa shape index (κ1) is 23.0. The molecule has 0 spiro atoms. The average molecular weight is 474 g/mol. The summed E-state index contributed by atoms with van der Waals surface area (Å²) in [5.74, 6) is 1.83. The van der Waals surface area contributed by atoms with Crippen molar-refractivity contribution in [2.75, 3.05) is 46.9 Å². The Labute approximate surface area is 176 Å². The van der Waals surface area contributed by atoms with Crippen LogP contribution in [0.3, 0.4) is 0 Å². The van der Waals surface area contributed by atoms with Crippen LogP contribution < -0.4 is 15.4 Å². The number of halogens is 1. The van der Waals surface area contributed by atoms with Gasteiger partial charge in [0.05, 0.1) is 7.11 Å². The van der Waals surface area contributed by atoms with Gasteiger partial charge < -0.3 is 20.3 Å². The van der Waals surface area contributed by atoms with Crippen LogP contribution >= 0.6 is 24.0 Å². The lowest BCUT2D eigenvalue weighted by Gasteiger charge is -2.20.